The summed E-state index contributed by atoms with van der Waals surface area (Å²) in [5.74, 6) is 7.67. The highest BCUT2D eigenvalue weighted by Crippen LogP contribution is 2.20. The Labute approximate surface area is 112 Å². The molecule has 1 aromatic rings. The van der Waals surface area contributed by atoms with E-state index < -0.39 is 0 Å². The highest BCUT2D eigenvalue weighted by atomic mass is 32.2. The lowest BCUT2D eigenvalue weighted by molar-refractivity contribution is 0.0935. The zero-order chi connectivity index (χ0) is 13.0. The maximum Gasteiger partial charge on any atom is 0.253 e. The summed E-state index contributed by atoms with van der Waals surface area (Å²) >= 11 is 1.95. The first-order valence-electron chi connectivity index (χ1n) is 6.16. The van der Waals surface area contributed by atoms with Crippen LogP contribution in [0.4, 0.5) is 5.69 Å². The summed E-state index contributed by atoms with van der Waals surface area (Å²) < 4.78 is 0. The number of nitrogens with one attached hydrogen (secondary N) is 2. The van der Waals surface area contributed by atoms with Crippen molar-refractivity contribution in [1.82, 2.24) is 5.32 Å². The lowest BCUT2D eigenvalue weighted by Gasteiger charge is -2.23. The minimum Gasteiger partial charge on any atom is -0.349 e. The van der Waals surface area contributed by atoms with Gasteiger partial charge < -0.3 is 10.7 Å². The largest absolute Gasteiger partial charge is 0.349 e. The van der Waals surface area contributed by atoms with Gasteiger partial charge in [0.2, 0.25) is 0 Å². The van der Waals surface area contributed by atoms with Gasteiger partial charge in [-0.25, -0.2) is 0 Å². The molecule has 1 aliphatic rings. The normalized spacial score (nSPS) is 16.3. The number of carbonyl (C=O) groups is 1. The predicted octanol–water partition coefficient (Wildman–Crippen LogP) is 1.91. The molecule has 0 unspecified atom stereocenters. The van der Waals surface area contributed by atoms with Gasteiger partial charge in [0, 0.05) is 6.04 Å². The third-order valence-corrected chi connectivity index (χ3v) is 4.18. The molecule has 0 spiro atoms. The highest BCUT2D eigenvalue weighted by Gasteiger charge is 2.18. The van der Waals surface area contributed by atoms with Gasteiger partial charge in [-0.15, -0.1) is 0 Å². The fraction of sp³-hybridized carbons (Fsp3) is 0.462. The van der Waals surface area contributed by atoms with Crippen LogP contribution in [0.1, 0.15) is 28.8 Å². The van der Waals surface area contributed by atoms with Crippen LogP contribution in [0.15, 0.2) is 18.2 Å². The Kier molecular flexibility index (Phi) is 4.49. The molecule has 1 heterocycles. The van der Waals surface area contributed by atoms with Crippen LogP contribution in [0.2, 0.25) is 0 Å². The van der Waals surface area contributed by atoms with Crippen molar-refractivity contribution >= 4 is 23.4 Å². The third-order valence-electron chi connectivity index (χ3n) is 3.13. The van der Waals surface area contributed by atoms with Crippen LogP contribution in [0, 0.1) is 6.92 Å². The minimum atomic E-state index is -0.0418. The summed E-state index contributed by atoms with van der Waals surface area (Å²) in [6.07, 6.45) is 2.10. The fourth-order valence-electron chi connectivity index (χ4n) is 2.08. The van der Waals surface area contributed by atoms with E-state index in [-0.39, 0.29) is 5.91 Å². The summed E-state index contributed by atoms with van der Waals surface area (Å²) in [6.45, 7) is 1.97. The summed E-state index contributed by atoms with van der Waals surface area (Å²) in [5, 5.41) is 3.08. The maximum absolute atomic E-state index is 12.2. The van der Waals surface area contributed by atoms with E-state index in [1.807, 2.05) is 36.9 Å². The van der Waals surface area contributed by atoms with E-state index in [4.69, 9.17) is 5.84 Å². The lowest BCUT2D eigenvalue weighted by Crippen LogP contribution is -2.37. The minimum absolute atomic E-state index is 0.0418. The first kappa shape index (κ1) is 13.2. The van der Waals surface area contributed by atoms with Gasteiger partial charge in [-0.1, -0.05) is 6.07 Å². The summed E-state index contributed by atoms with van der Waals surface area (Å²) in [7, 11) is 0. The number of nitrogens with two attached hydrogens (primary N) is 1. The number of thioether (sulfide) groups is 1. The average molecular weight is 265 g/mol. The smallest absolute Gasteiger partial charge is 0.253 e. The van der Waals surface area contributed by atoms with E-state index in [2.05, 4.69) is 10.7 Å². The van der Waals surface area contributed by atoms with Crippen molar-refractivity contribution in [2.75, 3.05) is 16.9 Å². The van der Waals surface area contributed by atoms with Gasteiger partial charge >= 0.3 is 0 Å². The molecular weight excluding hydrogens is 246 g/mol. The highest BCUT2D eigenvalue weighted by molar-refractivity contribution is 7.99. The van der Waals surface area contributed by atoms with Crippen molar-refractivity contribution in [3.05, 3.63) is 29.3 Å². The number of hydrogen-bond acceptors (Lipinski definition) is 4. The van der Waals surface area contributed by atoms with Gasteiger partial charge in [-0.2, -0.15) is 11.8 Å². The van der Waals surface area contributed by atoms with Gasteiger partial charge in [-0.3, -0.25) is 10.6 Å². The number of benzene rings is 1. The molecule has 2 rings (SSSR count). The van der Waals surface area contributed by atoms with Crippen molar-refractivity contribution in [2.45, 2.75) is 25.8 Å². The van der Waals surface area contributed by atoms with E-state index >= 15 is 0 Å². The number of carbonyl (C=O) groups excluding carboxylic acids is 1. The number of hydrazine groups is 1. The topological polar surface area (TPSA) is 67.2 Å². The zero-order valence-electron chi connectivity index (χ0n) is 10.5. The van der Waals surface area contributed by atoms with E-state index in [0.29, 0.717) is 17.3 Å². The van der Waals surface area contributed by atoms with Gasteiger partial charge in [0.1, 0.15) is 0 Å². The molecule has 0 bridgehead atoms. The SMILES string of the molecule is Cc1ccc(C(=O)NC2CCSCC2)c(NN)c1. The van der Waals surface area contributed by atoms with Crippen LogP contribution in [0.3, 0.4) is 0 Å². The Bertz CT molecular complexity index is 430. The molecule has 4 nitrogen and oxygen atoms in total. The molecule has 1 saturated heterocycles. The Hall–Kier alpha value is -1.20. The van der Waals surface area contributed by atoms with Crippen molar-refractivity contribution in [2.24, 2.45) is 5.84 Å². The number of amides is 1. The van der Waals surface area contributed by atoms with Crippen LogP contribution in [0.5, 0.6) is 0 Å². The van der Waals surface area contributed by atoms with Crippen molar-refractivity contribution in [3.8, 4) is 0 Å². The Morgan fingerprint density at radius 3 is 2.78 bits per heavy atom. The number of hydrogen-bond donors (Lipinski definition) is 3. The number of rotatable bonds is 3. The standard InChI is InChI=1S/C13H19N3OS/c1-9-2-3-11(12(8-9)16-14)13(17)15-10-4-6-18-7-5-10/h2-3,8,10,16H,4-7,14H2,1H3,(H,15,17). The van der Waals surface area contributed by atoms with Gasteiger partial charge in [0.25, 0.3) is 5.91 Å². The number of aryl methyl sites for hydroxylation is 1. The first-order chi connectivity index (χ1) is 8.70. The molecule has 0 radical (unpaired) electrons. The summed E-state index contributed by atoms with van der Waals surface area (Å²) in [6, 6.07) is 5.92. The maximum atomic E-state index is 12.2. The fourth-order valence-corrected chi connectivity index (χ4v) is 3.19. The van der Waals surface area contributed by atoms with Gasteiger partial charge in [0.05, 0.1) is 11.3 Å². The number of anilines is 1. The van der Waals surface area contributed by atoms with E-state index in [1.165, 1.54) is 0 Å². The number of nitrogen functional groups attached to an aromatic ring is 1. The Morgan fingerprint density at radius 1 is 1.39 bits per heavy atom. The van der Waals surface area contributed by atoms with Crippen LogP contribution >= 0.6 is 11.8 Å². The molecule has 0 atom stereocenters. The zero-order valence-corrected chi connectivity index (χ0v) is 11.3. The van der Waals surface area contributed by atoms with Crippen molar-refractivity contribution in [1.29, 1.82) is 0 Å². The Balaban J connectivity index is 2.08. The van der Waals surface area contributed by atoms with Crippen LogP contribution in [-0.2, 0) is 0 Å². The lowest BCUT2D eigenvalue weighted by atomic mass is 10.1. The summed E-state index contributed by atoms with van der Waals surface area (Å²) in [5.41, 5.74) is 4.96. The van der Waals surface area contributed by atoms with E-state index in [9.17, 15) is 4.79 Å². The van der Waals surface area contributed by atoms with Crippen molar-refractivity contribution in [3.63, 3.8) is 0 Å². The molecule has 1 aromatic carbocycles. The monoisotopic (exact) mass is 265 g/mol. The molecule has 4 N–H and O–H groups in total. The Morgan fingerprint density at radius 2 is 2.11 bits per heavy atom. The third kappa shape index (κ3) is 3.17. The molecule has 1 fully saturated rings. The van der Waals surface area contributed by atoms with Crippen LogP contribution < -0.4 is 16.6 Å². The van der Waals surface area contributed by atoms with E-state index in [1.54, 1.807) is 0 Å². The van der Waals surface area contributed by atoms with Crippen LogP contribution in [-0.4, -0.2) is 23.5 Å². The van der Waals surface area contributed by atoms with Gasteiger partial charge in [0.15, 0.2) is 0 Å². The summed E-state index contributed by atoms with van der Waals surface area (Å²) in [4.78, 5) is 12.2. The molecule has 98 valence electrons. The average Bonchev–Trinajstić information content (AvgIpc) is 2.39. The first-order valence-corrected chi connectivity index (χ1v) is 7.32. The van der Waals surface area contributed by atoms with Crippen LogP contribution in [0.25, 0.3) is 0 Å². The quantitative estimate of drug-likeness (QED) is 0.577. The van der Waals surface area contributed by atoms with Gasteiger partial charge in [-0.05, 0) is 49.0 Å². The molecule has 0 aromatic heterocycles. The molecule has 0 aliphatic carbocycles. The predicted molar refractivity (Wildman–Crippen MR) is 76.8 cm³/mol. The second-order valence-corrected chi connectivity index (χ2v) is 5.78. The molecule has 0 saturated carbocycles. The molecule has 5 heteroatoms. The second kappa shape index (κ2) is 6.11. The molecule has 1 aliphatic heterocycles. The molecular formula is C13H19N3OS. The molecule has 18 heavy (non-hydrogen) atoms. The second-order valence-electron chi connectivity index (χ2n) is 4.55. The van der Waals surface area contributed by atoms with Crippen molar-refractivity contribution < 1.29 is 4.79 Å². The van der Waals surface area contributed by atoms with E-state index in [0.717, 1.165) is 29.9 Å². The molecule has 1 amide bonds.